The fourth-order valence-corrected chi connectivity index (χ4v) is 6.64. The van der Waals surface area contributed by atoms with Crippen LogP contribution in [0.3, 0.4) is 0 Å². The second kappa shape index (κ2) is 8.46. The Bertz CT molecular complexity index is 1310. The van der Waals surface area contributed by atoms with E-state index in [4.69, 9.17) is 4.74 Å². The molecule has 2 fully saturated rings. The maximum Gasteiger partial charge on any atom is 0.256 e. The maximum absolute atomic E-state index is 13.6. The van der Waals surface area contributed by atoms with Gasteiger partial charge in [0.1, 0.15) is 12.4 Å². The molecule has 0 radical (unpaired) electrons. The number of para-hydroxylation sites is 2. The summed E-state index contributed by atoms with van der Waals surface area (Å²) in [5.74, 6) is -0.156. The monoisotopic (exact) mass is 533 g/mol. The first-order chi connectivity index (χ1) is 17.0. The summed E-state index contributed by atoms with van der Waals surface area (Å²) in [6.07, 6.45) is 1.69. The number of anilines is 1. The second-order valence-corrected chi connectivity index (χ2v) is 10.3. The van der Waals surface area contributed by atoms with Gasteiger partial charge in [-0.05, 0) is 42.7 Å². The van der Waals surface area contributed by atoms with E-state index in [-0.39, 0.29) is 16.9 Å². The average molecular weight is 534 g/mol. The van der Waals surface area contributed by atoms with Crippen LogP contribution in [0.4, 0.5) is 5.69 Å². The molecule has 3 aliphatic heterocycles. The van der Waals surface area contributed by atoms with Crippen LogP contribution >= 0.6 is 15.9 Å². The highest BCUT2D eigenvalue weighted by molar-refractivity contribution is 9.10. The molecular weight excluding hydrogens is 510 g/mol. The van der Waals surface area contributed by atoms with Gasteiger partial charge in [-0.2, -0.15) is 0 Å². The first-order valence-corrected chi connectivity index (χ1v) is 12.6. The van der Waals surface area contributed by atoms with Gasteiger partial charge in [-0.1, -0.05) is 64.5 Å². The van der Waals surface area contributed by atoms with Gasteiger partial charge >= 0.3 is 0 Å². The van der Waals surface area contributed by atoms with Crippen LogP contribution in [0, 0.1) is 10.1 Å². The summed E-state index contributed by atoms with van der Waals surface area (Å²) >= 11 is 3.45. The number of fused-ring (bicyclic) bond motifs is 4. The van der Waals surface area contributed by atoms with Crippen LogP contribution in [0.25, 0.3) is 0 Å². The smallest absolute Gasteiger partial charge is 0.256 e. The van der Waals surface area contributed by atoms with E-state index in [2.05, 4.69) is 26.1 Å². The van der Waals surface area contributed by atoms with Crippen LogP contribution in [0.5, 0.6) is 5.75 Å². The van der Waals surface area contributed by atoms with Gasteiger partial charge in [0.25, 0.3) is 11.9 Å². The van der Waals surface area contributed by atoms with Gasteiger partial charge in [0, 0.05) is 38.8 Å². The highest BCUT2D eigenvalue weighted by Gasteiger charge is 2.73. The fourth-order valence-electron chi connectivity index (χ4n) is 6.38. The molecule has 3 aliphatic rings. The minimum Gasteiger partial charge on any atom is -0.489 e. The molecule has 0 unspecified atom stereocenters. The molecule has 7 nitrogen and oxygen atoms in total. The van der Waals surface area contributed by atoms with E-state index in [0.717, 1.165) is 28.4 Å². The molecule has 178 valence electrons. The Balaban J connectivity index is 1.45. The number of benzene rings is 3. The van der Waals surface area contributed by atoms with E-state index < -0.39 is 17.5 Å². The number of carbonyl (C=O) groups is 1. The Hall–Kier alpha value is -3.23. The lowest BCUT2D eigenvalue weighted by atomic mass is 9.77. The molecule has 1 N–H and O–H groups in total. The van der Waals surface area contributed by atoms with Crippen molar-refractivity contribution >= 4 is 27.5 Å². The Morgan fingerprint density at radius 2 is 1.83 bits per heavy atom. The first kappa shape index (κ1) is 22.2. The normalized spacial score (nSPS) is 27.0. The summed E-state index contributed by atoms with van der Waals surface area (Å²) in [5, 5.41) is 15.8. The Morgan fingerprint density at radius 3 is 2.63 bits per heavy atom. The quantitative estimate of drug-likeness (QED) is 0.365. The van der Waals surface area contributed by atoms with E-state index in [1.165, 1.54) is 0 Å². The molecule has 0 saturated carbocycles. The average Bonchev–Trinajstić information content (AvgIpc) is 3.52. The van der Waals surface area contributed by atoms with E-state index in [9.17, 15) is 14.9 Å². The van der Waals surface area contributed by atoms with Crippen molar-refractivity contribution in [1.82, 2.24) is 4.90 Å². The van der Waals surface area contributed by atoms with Crippen molar-refractivity contribution in [3.8, 4) is 5.75 Å². The SMILES string of the molecule is O=C1Nc2ccccc2[C@]12[C@H]([N+](=O)[O-])[C@H](c1ccccc1OCc1ccc(Br)cc1)[C@H]1CCCN12. The van der Waals surface area contributed by atoms with Gasteiger partial charge in [0.05, 0.1) is 5.92 Å². The highest BCUT2D eigenvalue weighted by atomic mass is 79.9. The zero-order chi connectivity index (χ0) is 24.2. The van der Waals surface area contributed by atoms with Gasteiger partial charge in [-0.25, -0.2) is 0 Å². The molecule has 0 bridgehead atoms. The lowest BCUT2D eigenvalue weighted by Crippen LogP contribution is -2.55. The van der Waals surface area contributed by atoms with E-state index in [1.807, 2.05) is 72.8 Å². The first-order valence-electron chi connectivity index (χ1n) is 11.8. The van der Waals surface area contributed by atoms with Crippen LogP contribution in [0.15, 0.2) is 77.3 Å². The lowest BCUT2D eigenvalue weighted by molar-refractivity contribution is -0.534. The summed E-state index contributed by atoms with van der Waals surface area (Å²) in [6.45, 7) is 0.998. The molecule has 6 rings (SSSR count). The molecule has 4 atom stereocenters. The summed E-state index contributed by atoms with van der Waals surface area (Å²) in [5.41, 5.74) is 1.83. The van der Waals surface area contributed by atoms with Crippen molar-refractivity contribution in [2.45, 2.75) is 43.0 Å². The topological polar surface area (TPSA) is 84.7 Å². The van der Waals surface area contributed by atoms with E-state index >= 15 is 0 Å². The Labute approximate surface area is 211 Å². The molecule has 3 heterocycles. The summed E-state index contributed by atoms with van der Waals surface area (Å²) in [7, 11) is 0. The molecule has 3 aromatic carbocycles. The molecule has 0 aliphatic carbocycles. The number of rotatable bonds is 5. The predicted octanol–water partition coefficient (Wildman–Crippen LogP) is 5.08. The highest BCUT2D eigenvalue weighted by Crippen LogP contribution is 2.58. The Kier molecular flexibility index (Phi) is 5.38. The van der Waals surface area contributed by atoms with Crippen molar-refractivity contribution in [2.24, 2.45) is 0 Å². The third-order valence-corrected chi connectivity index (χ3v) is 8.21. The molecule has 35 heavy (non-hydrogen) atoms. The molecule has 8 heteroatoms. The van der Waals surface area contributed by atoms with Crippen LogP contribution in [0.1, 0.15) is 35.4 Å². The number of nitro groups is 1. The zero-order valence-corrected chi connectivity index (χ0v) is 20.5. The minimum absolute atomic E-state index is 0.125. The number of halogens is 1. The van der Waals surface area contributed by atoms with Gasteiger partial charge in [0.15, 0.2) is 5.54 Å². The largest absolute Gasteiger partial charge is 0.489 e. The molecule has 3 aromatic rings. The van der Waals surface area contributed by atoms with Crippen molar-refractivity contribution in [3.63, 3.8) is 0 Å². The zero-order valence-electron chi connectivity index (χ0n) is 18.9. The number of carbonyl (C=O) groups excluding carboxylic acids is 1. The number of ether oxygens (including phenoxy) is 1. The van der Waals surface area contributed by atoms with Gasteiger partial charge in [-0.15, -0.1) is 0 Å². The van der Waals surface area contributed by atoms with Crippen molar-refractivity contribution in [2.75, 3.05) is 11.9 Å². The standard InChI is InChI=1S/C27H24BrN3O4/c28-18-13-11-17(12-14-18)16-35-23-10-4-1-6-19(23)24-22-9-5-15-30(22)27(25(24)31(33)34)20-7-2-3-8-21(20)29-26(27)32/h1-4,6-8,10-14,22,24-25H,5,9,15-16H2,(H,29,32)/t22-,24-,25-,27+/m1/s1. The van der Waals surface area contributed by atoms with Gasteiger partial charge < -0.3 is 10.1 Å². The van der Waals surface area contributed by atoms with E-state index in [1.54, 1.807) is 0 Å². The van der Waals surface area contributed by atoms with Crippen molar-refractivity contribution in [3.05, 3.63) is 104 Å². The molecule has 0 aromatic heterocycles. The molecule has 2 saturated heterocycles. The lowest BCUT2D eigenvalue weighted by Gasteiger charge is -2.32. The summed E-state index contributed by atoms with van der Waals surface area (Å²) in [4.78, 5) is 28.3. The fraction of sp³-hybridized carbons (Fsp3) is 0.296. The third-order valence-electron chi connectivity index (χ3n) is 7.68. The number of hydrogen-bond donors (Lipinski definition) is 1. The van der Waals surface area contributed by atoms with Crippen molar-refractivity contribution < 1.29 is 14.5 Å². The number of nitrogens with one attached hydrogen (secondary N) is 1. The van der Waals surface area contributed by atoms with Crippen molar-refractivity contribution in [1.29, 1.82) is 0 Å². The van der Waals surface area contributed by atoms with Crippen LogP contribution < -0.4 is 10.1 Å². The summed E-state index contributed by atoms with van der Waals surface area (Å²) in [6, 6.07) is 21.6. The maximum atomic E-state index is 13.6. The second-order valence-electron chi connectivity index (χ2n) is 9.38. The van der Waals surface area contributed by atoms with E-state index in [0.29, 0.717) is 30.2 Å². The van der Waals surface area contributed by atoms with Crippen LogP contribution in [-0.4, -0.2) is 34.4 Å². The number of nitrogens with zero attached hydrogens (tertiary/aromatic N) is 2. The minimum atomic E-state index is -1.33. The van der Waals surface area contributed by atoms with Gasteiger partial charge in [0.2, 0.25) is 0 Å². The Morgan fingerprint density at radius 1 is 1.09 bits per heavy atom. The number of hydrogen-bond acceptors (Lipinski definition) is 5. The van der Waals surface area contributed by atoms with Crippen LogP contribution in [0.2, 0.25) is 0 Å². The summed E-state index contributed by atoms with van der Waals surface area (Å²) < 4.78 is 7.23. The molecule has 1 amide bonds. The third kappa shape index (κ3) is 3.31. The van der Waals surface area contributed by atoms with Gasteiger partial charge in [-0.3, -0.25) is 19.8 Å². The number of amides is 1. The predicted molar refractivity (Wildman–Crippen MR) is 135 cm³/mol. The molecular formula is C27H24BrN3O4. The van der Waals surface area contributed by atoms with Crippen LogP contribution in [-0.2, 0) is 16.9 Å². The molecule has 1 spiro atoms.